The number of primary amides is 1. The lowest BCUT2D eigenvalue weighted by Crippen LogP contribution is -2.28. The highest BCUT2D eigenvalue weighted by Gasteiger charge is 2.18. The molecule has 1 saturated heterocycles. The van der Waals surface area contributed by atoms with Crippen LogP contribution in [0.5, 0.6) is 0 Å². The van der Waals surface area contributed by atoms with Gasteiger partial charge in [0.2, 0.25) is 0 Å². The average Bonchev–Trinajstić information content (AvgIpc) is 3.23. The molecule has 0 bridgehead atoms. The molecule has 4 aromatic rings. The van der Waals surface area contributed by atoms with Crippen LogP contribution in [0.3, 0.4) is 0 Å². The number of nitrogens with two attached hydrogens (primary N) is 1. The third-order valence-electron chi connectivity index (χ3n) is 5.64. The molecule has 5 rings (SSSR count). The SMILES string of the molecule is NC(=O)c1ncccc1-c1ccn2ncc(-c3cccc(C4CCCNC4)n3)c2c1. The van der Waals surface area contributed by atoms with E-state index in [1.165, 1.54) is 6.42 Å². The van der Waals surface area contributed by atoms with Crippen molar-refractivity contribution in [1.82, 2.24) is 24.9 Å². The molecule has 0 saturated carbocycles. The molecule has 1 amide bonds. The van der Waals surface area contributed by atoms with Crippen LogP contribution in [0.1, 0.15) is 34.9 Å². The highest BCUT2D eigenvalue weighted by atomic mass is 16.1. The van der Waals surface area contributed by atoms with Crippen molar-refractivity contribution in [1.29, 1.82) is 0 Å². The minimum Gasteiger partial charge on any atom is -0.364 e. The lowest BCUT2D eigenvalue weighted by atomic mass is 9.95. The quantitative estimate of drug-likeness (QED) is 0.551. The number of hydrogen-bond acceptors (Lipinski definition) is 5. The number of pyridine rings is 3. The topological polar surface area (TPSA) is 98.2 Å². The maximum Gasteiger partial charge on any atom is 0.267 e. The molecule has 0 aliphatic carbocycles. The number of fused-ring (bicyclic) bond motifs is 1. The molecule has 7 heteroatoms. The first kappa shape index (κ1) is 18.4. The predicted molar refractivity (Wildman–Crippen MR) is 115 cm³/mol. The average molecular weight is 398 g/mol. The van der Waals surface area contributed by atoms with Crippen LogP contribution in [0.4, 0.5) is 0 Å². The standard InChI is InChI=1S/C23H22N6O/c24-23(30)22-17(5-3-10-26-22)15-8-11-29-21(12-15)18(14-27-29)20-7-1-6-19(28-20)16-4-2-9-25-13-16/h1,3,5-8,10-12,14,16,25H,2,4,9,13H2,(H2,24,30). The monoisotopic (exact) mass is 398 g/mol. The van der Waals surface area contributed by atoms with E-state index >= 15 is 0 Å². The van der Waals surface area contributed by atoms with Gasteiger partial charge >= 0.3 is 0 Å². The van der Waals surface area contributed by atoms with E-state index in [0.717, 1.165) is 47.5 Å². The van der Waals surface area contributed by atoms with Gasteiger partial charge in [0.25, 0.3) is 5.91 Å². The zero-order chi connectivity index (χ0) is 20.5. The molecule has 1 fully saturated rings. The van der Waals surface area contributed by atoms with Crippen molar-refractivity contribution >= 4 is 11.4 Å². The molecule has 150 valence electrons. The van der Waals surface area contributed by atoms with Crippen molar-refractivity contribution in [2.24, 2.45) is 5.73 Å². The minimum absolute atomic E-state index is 0.257. The zero-order valence-corrected chi connectivity index (χ0v) is 16.5. The Bertz CT molecular complexity index is 1230. The second kappa shape index (κ2) is 7.68. The van der Waals surface area contributed by atoms with Gasteiger partial charge < -0.3 is 11.1 Å². The number of hydrogen-bond donors (Lipinski definition) is 2. The second-order valence-corrected chi connectivity index (χ2v) is 7.56. The molecule has 7 nitrogen and oxygen atoms in total. The van der Waals surface area contributed by atoms with Crippen LogP contribution < -0.4 is 11.1 Å². The Balaban J connectivity index is 1.59. The Labute approximate surface area is 174 Å². The van der Waals surface area contributed by atoms with Crippen molar-refractivity contribution in [2.75, 3.05) is 13.1 Å². The first-order valence-electron chi connectivity index (χ1n) is 10.1. The van der Waals surface area contributed by atoms with Crippen LogP contribution in [0.15, 0.2) is 61.1 Å². The highest BCUT2D eigenvalue weighted by molar-refractivity contribution is 5.98. The van der Waals surface area contributed by atoms with E-state index in [-0.39, 0.29) is 5.69 Å². The summed E-state index contributed by atoms with van der Waals surface area (Å²) in [4.78, 5) is 20.9. The Hall–Kier alpha value is -3.58. The third kappa shape index (κ3) is 3.33. The predicted octanol–water partition coefficient (Wildman–Crippen LogP) is 3.02. The van der Waals surface area contributed by atoms with Crippen LogP contribution in [-0.2, 0) is 0 Å². The molecule has 1 unspecified atom stereocenters. The van der Waals surface area contributed by atoms with Crippen LogP contribution in [0.2, 0.25) is 0 Å². The van der Waals surface area contributed by atoms with Gasteiger partial charge in [-0.25, -0.2) is 4.52 Å². The van der Waals surface area contributed by atoms with Gasteiger partial charge in [0.15, 0.2) is 0 Å². The molecule has 1 atom stereocenters. The Kier molecular flexibility index (Phi) is 4.72. The van der Waals surface area contributed by atoms with Crippen LogP contribution >= 0.6 is 0 Å². The maximum absolute atomic E-state index is 11.8. The summed E-state index contributed by atoms with van der Waals surface area (Å²) in [6.45, 7) is 2.04. The number of amides is 1. The van der Waals surface area contributed by atoms with Crippen molar-refractivity contribution in [3.63, 3.8) is 0 Å². The largest absolute Gasteiger partial charge is 0.364 e. The zero-order valence-electron chi connectivity index (χ0n) is 16.5. The Morgan fingerprint density at radius 3 is 2.93 bits per heavy atom. The lowest BCUT2D eigenvalue weighted by molar-refractivity contribution is 0.0996. The smallest absolute Gasteiger partial charge is 0.267 e. The fraction of sp³-hybridized carbons (Fsp3) is 0.217. The number of nitrogens with one attached hydrogen (secondary N) is 1. The molecule has 0 radical (unpaired) electrons. The number of aromatic nitrogens is 4. The summed E-state index contributed by atoms with van der Waals surface area (Å²) in [6.07, 6.45) is 7.61. The molecule has 5 heterocycles. The summed E-state index contributed by atoms with van der Waals surface area (Å²) in [5.74, 6) is -0.112. The minimum atomic E-state index is -0.547. The van der Waals surface area contributed by atoms with Crippen LogP contribution in [-0.4, -0.2) is 38.6 Å². The first-order chi connectivity index (χ1) is 14.7. The summed E-state index contributed by atoms with van der Waals surface area (Å²) in [7, 11) is 0. The van der Waals surface area contributed by atoms with Gasteiger partial charge in [-0.15, -0.1) is 0 Å². The van der Waals surface area contributed by atoms with Gasteiger partial charge in [0, 0.05) is 41.7 Å². The van der Waals surface area contributed by atoms with E-state index in [1.807, 2.05) is 41.2 Å². The van der Waals surface area contributed by atoms with Gasteiger partial charge in [-0.3, -0.25) is 14.8 Å². The molecule has 3 N–H and O–H groups in total. The van der Waals surface area contributed by atoms with E-state index in [0.29, 0.717) is 11.5 Å². The Morgan fingerprint density at radius 2 is 2.10 bits per heavy atom. The van der Waals surface area contributed by atoms with Crippen LogP contribution in [0, 0.1) is 0 Å². The van der Waals surface area contributed by atoms with Crippen molar-refractivity contribution in [3.8, 4) is 22.4 Å². The summed E-state index contributed by atoms with van der Waals surface area (Å²) < 4.78 is 1.82. The fourth-order valence-corrected chi connectivity index (χ4v) is 4.11. The Morgan fingerprint density at radius 1 is 1.17 bits per heavy atom. The molecular formula is C23H22N6O. The fourth-order valence-electron chi connectivity index (χ4n) is 4.11. The molecule has 0 aromatic carbocycles. The van der Waals surface area contributed by atoms with Gasteiger partial charge in [0.05, 0.1) is 17.4 Å². The summed E-state index contributed by atoms with van der Waals surface area (Å²) in [6, 6.07) is 13.7. The normalized spacial score (nSPS) is 16.6. The van der Waals surface area contributed by atoms with Crippen LogP contribution in [0.25, 0.3) is 27.9 Å². The van der Waals surface area contributed by atoms with E-state index in [9.17, 15) is 4.79 Å². The van der Waals surface area contributed by atoms with Crippen molar-refractivity contribution in [2.45, 2.75) is 18.8 Å². The third-order valence-corrected chi connectivity index (χ3v) is 5.64. The summed E-state index contributed by atoms with van der Waals surface area (Å²) in [5, 5.41) is 7.94. The van der Waals surface area contributed by atoms with Gasteiger partial charge in [-0.1, -0.05) is 12.1 Å². The molecule has 30 heavy (non-hydrogen) atoms. The van der Waals surface area contributed by atoms with E-state index in [2.05, 4.69) is 27.5 Å². The summed E-state index contributed by atoms with van der Waals surface area (Å²) in [5.41, 5.74) is 11.2. The molecule has 0 spiro atoms. The number of rotatable bonds is 4. The molecule has 4 aromatic heterocycles. The number of nitrogens with zero attached hydrogens (tertiary/aromatic N) is 4. The second-order valence-electron chi connectivity index (χ2n) is 7.56. The van der Waals surface area contributed by atoms with E-state index < -0.39 is 5.91 Å². The number of piperidine rings is 1. The van der Waals surface area contributed by atoms with Gasteiger partial charge in [0.1, 0.15) is 5.69 Å². The van der Waals surface area contributed by atoms with E-state index in [4.69, 9.17) is 10.7 Å². The molecule has 1 aliphatic heterocycles. The van der Waals surface area contributed by atoms with Gasteiger partial charge in [-0.05, 0) is 55.3 Å². The van der Waals surface area contributed by atoms with Gasteiger partial charge in [-0.2, -0.15) is 5.10 Å². The summed E-state index contributed by atoms with van der Waals surface area (Å²) >= 11 is 0. The number of carbonyl (C=O) groups excluding carboxylic acids is 1. The lowest BCUT2D eigenvalue weighted by Gasteiger charge is -2.22. The molecular weight excluding hydrogens is 376 g/mol. The van der Waals surface area contributed by atoms with Crippen molar-refractivity contribution in [3.05, 3.63) is 72.4 Å². The molecule has 1 aliphatic rings. The maximum atomic E-state index is 11.8. The van der Waals surface area contributed by atoms with Crippen molar-refractivity contribution < 1.29 is 4.79 Å². The highest BCUT2D eigenvalue weighted by Crippen LogP contribution is 2.30. The number of carbonyl (C=O) groups is 1. The first-order valence-corrected chi connectivity index (χ1v) is 10.1. The van der Waals surface area contributed by atoms with E-state index in [1.54, 1.807) is 12.3 Å².